The molecule has 1 N–H and O–H groups in total. The van der Waals surface area contributed by atoms with Crippen LogP contribution in [0.4, 0.5) is 39.5 Å². The van der Waals surface area contributed by atoms with Gasteiger partial charge in [0.2, 0.25) is 0 Å². The van der Waals surface area contributed by atoms with Gasteiger partial charge in [-0.3, -0.25) is 9.78 Å². The maximum absolute atomic E-state index is 14.2. The van der Waals surface area contributed by atoms with E-state index in [0.717, 1.165) is 44.5 Å². The van der Waals surface area contributed by atoms with Crippen molar-refractivity contribution in [2.45, 2.75) is 50.2 Å². The average molecular weight is 571 g/mol. The molecule has 0 amide bonds. The summed E-state index contributed by atoms with van der Waals surface area (Å²) >= 11 is 0. The number of ether oxygens (including phenoxy) is 3. The van der Waals surface area contributed by atoms with Gasteiger partial charge in [-0.15, -0.1) is 13.2 Å². The van der Waals surface area contributed by atoms with Crippen LogP contribution < -0.4 is 15.0 Å². The van der Waals surface area contributed by atoms with E-state index >= 15 is 0 Å². The van der Waals surface area contributed by atoms with Crippen molar-refractivity contribution >= 4 is 10.9 Å². The number of nitrogens with one attached hydrogen (secondary N) is 1. The van der Waals surface area contributed by atoms with Crippen LogP contribution in [0.3, 0.4) is 0 Å². The molecule has 39 heavy (non-hydrogen) atoms. The van der Waals surface area contributed by atoms with Crippen molar-refractivity contribution in [3.8, 4) is 11.5 Å². The van der Waals surface area contributed by atoms with Gasteiger partial charge in [0.25, 0.3) is 5.56 Å². The Hall–Kier alpha value is -3.56. The molecule has 3 aromatic rings. The topological polar surface area (TPSA) is 86.3 Å². The number of aromatic nitrogens is 3. The molecule has 4 rings (SSSR count). The molecule has 4 atom stereocenters. The highest BCUT2D eigenvalue weighted by Gasteiger charge is 2.65. The van der Waals surface area contributed by atoms with Crippen molar-refractivity contribution in [3.05, 3.63) is 57.9 Å². The Bertz CT molecular complexity index is 1450. The third-order valence-corrected chi connectivity index (χ3v) is 6.64. The van der Waals surface area contributed by atoms with Crippen molar-refractivity contribution in [3.63, 3.8) is 0 Å². The maximum atomic E-state index is 14.2. The highest BCUT2D eigenvalue weighted by atomic mass is 19.4. The highest BCUT2D eigenvalue weighted by Crippen LogP contribution is 2.59. The molecule has 1 aliphatic rings. The Balaban J connectivity index is 1.91. The fourth-order valence-corrected chi connectivity index (χ4v) is 4.65. The van der Waals surface area contributed by atoms with Gasteiger partial charge in [0.15, 0.2) is 11.3 Å². The summed E-state index contributed by atoms with van der Waals surface area (Å²) in [6.07, 6.45) is -16.0. The van der Waals surface area contributed by atoms with E-state index < -0.39 is 76.0 Å². The number of fused-ring (bicyclic) bond motifs is 1. The number of alkyl halides is 9. The van der Waals surface area contributed by atoms with E-state index in [2.05, 4.69) is 19.7 Å². The van der Waals surface area contributed by atoms with E-state index in [1.54, 1.807) is 0 Å². The van der Waals surface area contributed by atoms with Crippen LogP contribution in [0.1, 0.15) is 43.0 Å². The van der Waals surface area contributed by atoms with Gasteiger partial charge in [-0.05, 0) is 19.1 Å². The first-order chi connectivity index (χ1) is 17.9. The number of rotatable bonds is 4. The predicted molar refractivity (Wildman–Crippen MR) is 115 cm³/mol. The van der Waals surface area contributed by atoms with Crippen molar-refractivity contribution in [1.29, 1.82) is 0 Å². The lowest BCUT2D eigenvalue weighted by atomic mass is 9.77. The largest absolute Gasteiger partial charge is 0.573 e. The number of H-pyrrole nitrogens is 1. The van der Waals surface area contributed by atoms with Crippen molar-refractivity contribution in [2.75, 3.05) is 7.11 Å². The summed E-state index contributed by atoms with van der Waals surface area (Å²) in [5.74, 6) is -4.34. The van der Waals surface area contributed by atoms with Gasteiger partial charge in [-0.25, -0.2) is 4.98 Å². The average Bonchev–Trinajstić information content (AvgIpc) is 3.08. The van der Waals surface area contributed by atoms with Crippen LogP contribution in [0, 0.1) is 5.92 Å². The molecule has 0 bridgehead atoms. The molecule has 0 saturated carbocycles. The lowest BCUT2D eigenvalue weighted by Crippen LogP contribution is -2.46. The van der Waals surface area contributed by atoms with Crippen LogP contribution in [-0.4, -0.2) is 40.2 Å². The number of halogens is 9. The third kappa shape index (κ3) is 5.08. The summed E-state index contributed by atoms with van der Waals surface area (Å²) in [4.78, 5) is 22.0. The van der Waals surface area contributed by atoms with Crippen LogP contribution >= 0.6 is 0 Å². The van der Waals surface area contributed by atoms with Gasteiger partial charge in [0.05, 0.1) is 18.0 Å². The second-order valence-corrected chi connectivity index (χ2v) is 8.91. The minimum absolute atomic E-state index is 0.0500. The zero-order chi connectivity index (χ0) is 29.1. The van der Waals surface area contributed by atoms with E-state index in [9.17, 15) is 44.3 Å². The lowest BCUT2D eigenvalue weighted by molar-refractivity contribution is -0.275. The molecule has 2 aromatic heterocycles. The maximum Gasteiger partial charge on any atom is 0.573 e. The highest BCUT2D eigenvalue weighted by molar-refractivity contribution is 5.80. The minimum Gasteiger partial charge on any atom is -0.496 e. The summed E-state index contributed by atoms with van der Waals surface area (Å²) in [5, 5.41) is -0.929. The first-order valence-corrected chi connectivity index (χ1v) is 11.0. The second-order valence-electron chi connectivity index (χ2n) is 8.91. The first kappa shape index (κ1) is 28.4. The van der Waals surface area contributed by atoms with Crippen LogP contribution in [0.5, 0.6) is 11.5 Å². The van der Waals surface area contributed by atoms with E-state index in [4.69, 9.17) is 9.47 Å². The van der Waals surface area contributed by atoms with Crippen LogP contribution in [0.2, 0.25) is 0 Å². The number of benzene rings is 1. The normalized spacial score (nSPS) is 24.3. The molecule has 1 aromatic carbocycles. The number of hydrogen-bond acceptors (Lipinski definition) is 6. The van der Waals surface area contributed by atoms with Crippen molar-refractivity contribution in [2.24, 2.45) is 5.92 Å². The molecule has 3 heterocycles. The Labute approximate surface area is 212 Å². The van der Waals surface area contributed by atoms with Crippen molar-refractivity contribution in [1.82, 2.24) is 15.0 Å². The summed E-state index contributed by atoms with van der Waals surface area (Å²) in [5.41, 5.74) is -6.29. The second kappa shape index (κ2) is 9.27. The molecule has 16 heteroatoms. The minimum atomic E-state index is -5.06. The zero-order valence-corrected chi connectivity index (χ0v) is 20.0. The summed E-state index contributed by atoms with van der Waals surface area (Å²) in [6.45, 7) is 1.91. The van der Waals surface area contributed by atoms with E-state index in [1.807, 2.05) is 0 Å². The van der Waals surface area contributed by atoms with Gasteiger partial charge in [0.1, 0.15) is 23.4 Å². The number of pyridine rings is 1. The summed E-state index contributed by atoms with van der Waals surface area (Å²) in [7, 11) is 1.07. The van der Waals surface area contributed by atoms with Gasteiger partial charge < -0.3 is 19.2 Å². The van der Waals surface area contributed by atoms with Crippen molar-refractivity contribution < 1.29 is 53.7 Å². The molecule has 0 unspecified atom stereocenters. The quantitative estimate of drug-likeness (QED) is 0.384. The fourth-order valence-electron chi connectivity index (χ4n) is 4.65. The van der Waals surface area contributed by atoms with Crippen LogP contribution in [0.15, 0.2) is 35.3 Å². The van der Waals surface area contributed by atoms with E-state index in [0.29, 0.717) is 0 Å². The molecule has 0 spiro atoms. The van der Waals surface area contributed by atoms with Gasteiger partial charge in [-0.2, -0.15) is 26.3 Å². The number of methoxy groups -OCH3 is 1. The predicted octanol–water partition coefficient (Wildman–Crippen LogP) is 6.06. The Kier molecular flexibility index (Phi) is 6.77. The molecular weight excluding hydrogens is 553 g/mol. The molecule has 1 aliphatic heterocycles. The van der Waals surface area contributed by atoms with Crippen LogP contribution in [-0.2, 0) is 10.9 Å². The smallest absolute Gasteiger partial charge is 0.496 e. The SMILES string of the molecule is COc1cc(OC(F)(F)F)ccc1[C@H]1[C@H](c2nc3ccnc(C(F)(F)F)c3c(=O)[nH]2)O[C@@](C)(C(F)(F)F)[C@H]1C. The fraction of sp³-hybridized carbons (Fsp3) is 0.435. The first-order valence-electron chi connectivity index (χ1n) is 11.0. The molecule has 1 saturated heterocycles. The van der Waals surface area contributed by atoms with E-state index in [1.165, 1.54) is 6.92 Å². The Morgan fingerprint density at radius 3 is 2.28 bits per heavy atom. The number of hydrogen-bond donors (Lipinski definition) is 1. The molecular formula is C23H18F9N3O4. The van der Waals surface area contributed by atoms with E-state index in [-0.39, 0.29) is 11.3 Å². The van der Waals surface area contributed by atoms with Crippen LogP contribution in [0.25, 0.3) is 10.9 Å². The summed E-state index contributed by atoms with van der Waals surface area (Å²) in [6, 6.07) is 3.69. The summed E-state index contributed by atoms with van der Waals surface area (Å²) < 4.78 is 135. The molecule has 212 valence electrons. The molecule has 0 aliphatic carbocycles. The monoisotopic (exact) mass is 571 g/mol. The number of aromatic amines is 1. The van der Waals surface area contributed by atoms with Gasteiger partial charge >= 0.3 is 18.7 Å². The lowest BCUT2D eigenvalue weighted by Gasteiger charge is -2.32. The van der Waals surface area contributed by atoms with Gasteiger partial charge in [-0.1, -0.05) is 13.0 Å². The number of nitrogens with zero attached hydrogens (tertiary/aromatic N) is 2. The Morgan fingerprint density at radius 1 is 1.05 bits per heavy atom. The molecule has 7 nitrogen and oxygen atoms in total. The molecule has 0 radical (unpaired) electrons. The third-order valence-electron chi connectivity index (χ3n) is 6.64. The van der Waals surface area contributed by atoms with Gasteiger partial charge in [0, 0.05) is 29.7 Å². The Morgan fingerprint density at radius 2 is 1.72 bits per heavy atom. The molecule has 1 fully saturated rings. The zero-order valence-electron chi connectivity index (χ0n) is 20.0. The standard InChI is InChI=1S/C23H18F9N3O4/c1-9-14(11-5-4-10(8-13(11)37-3)38-23(30,31)32)16(39-20(9,2)22(27,28)29)18-34-12-6-7-33-17(21(24,25)26)15(12)19(36)35-18/h4-9,14,16H,1-3H3,(H,34,35,36)/t9-,14-,16+,20+/m0/s1.